The van der Waals surface area contributed by atoms with Crippen LogP contribution in [0.25, 0.3) is 0 Å². The van der Waals surface area contributed by atoms with Gasteiger partial charge in [0, 0.05) is 6.04 Å². The normalized spacial score (nSPS) is 13.2. The van der Waals surface area contributed by atoms with E-state index in [1.165, 1.54) is 0 Å². The fraction of sp³-hybridized carbons (Fsp3) is 0.533. The van der Waals surface area contributed by atoms with Crippen LogP contribution in [-0.4, -0.2) is 14.5 Å². The molecule has 1 aromatic carbocycles. The Morgan fingerprint density at radius 1 is 1.20 bits per heavy atom. The fourth-order valence-corrected chi connectivity index (χ4v) is 3.79. The Morgan fingerprint density at radius 3 is 2.20 bits per heavy atom. The van der Waals surface area contributed by atoms with Gasteiger partial charge in [0.2, 0.25) is 10.0 Å². The van der Waals surface area contributed by atoms with Gasteiger partial charge in [-0.1, -0.05) is 38.8 Å². The molecule has 0 heterocycles. The Morgan fingerprint density at radius 2 is 1.75 bits per heavy atom. The van der Waals surface area contributed by atoms with Gasteiger partial charge in [-0.2, -0.15) is 5.26 Å². The lowest BCUT2D eigenvalue weighted by molar-refractivity contribution is 0.390. The van der Waals surface area contributed by atoms with E-state index >= 15 is 0 Å². The number of hydrogen-bond donors (Lipinski definition) is 1. The second-order valence-corrected chi connectivity index (χ2v) is 6.80. The molecule has 0 spiro atoms. The molecule has 4 nitrogen and oxygen atoms in total. The Kier molecular flexibility index (Phi) is 6.18. The van der Waals surface area contributed by atoms with Gasteiger partial charge in [-0.3, -0.25) is 0 Å². The van der Waals surface area contributed by atoms with Crippen LogP contribution in [0, 0.1) is 17.2 Å². The summed E-state index contributed by atoms with van der Waals surface area (Å²) in [5.74, 6) is 0.300. The molecule has 0 bridgehead atoms. The van der Waals surface area contributed by atoms with Gasteiger partial charge in [0.25, 0.3) is 0 Å². The number of hydrogen-bond acceptors (Lipinski definition) is 3. The highest BCUT2D eigenvalue weighted by Gasteiger charge is 2.20. The molecule has 0 aliphatic carbocycles. The first-order chi connectivity index (χ1) is 9.41. The third kappa shape index (κ3) is 4.95. The third-order valence-corrected chi connectivity index (χ3v) is 5.01. The van der Waals surface area contributed by atoms with Crippen LogP contribution in [0.2, 0.25) is 0 Å². The molecule has 110 valence electrons. The van der Waals surface area contributed by atoms with Crippen molar-refractivity contribution in [2.75, 3.05) is 0 Å². The van der Waals surface area contributed by atoms with E-state index in [0.29, 0.717) is 17.0 Å². The summed E-state index contributed by atoms with van der Waals surface area (Å²) in [7, 11) is -3.35. The first-order valence-corrected chi connectivity index (χ1v) is 8.56. The van der Waals surface area contributed by atoms with Crippen molar-refractivity contribution in [2.24, 2.45) is 5.92 Å². The number of sulfonamides is 1. The van der Waals surface area contributed by atoms with E-state index in [9.17, 15) is 8.42 Å². The molecule has 1 N–H and O–H groups in total. The molecule has 0 radical (unpaired) electrons. The number of nitrogens with zero attached hydrogens (tertiary/aromatic N) is 1. The summed E-state index contributed by atoms with van der Waals surface area (Å²) in [5.41, 5.74) is 1.22. The summed E-state index contributed by atoms with van der Waals surface area (Å²) in [6.45, 7) is 6.05. The molecule has 5 heteroatoms. The van der Waals surface area contributed by atoms with E-state index in [0.717, 1.165) is 12.8 Å². The van der Waals surface area contributed by atoms with Gasteiger partial charge in [0.15, 0.2) is 0 Å². The fourth-order valence-electron chi connectivity index (χ4n) is 2.31. The van der Waals surface area contributed by atoms with Crippen molar-refractivity contribution in [1.82, 2.24) is 4.72 Å². The molecule has 1 unspecified atom stereocenters. The highest BCUT2D eigenvalue weighted by atomic mass is 32.2. The Bertz CT molecular complexity index is 555. The van der Waals surface area contributed by atoms with E-state index in [1.807, 2.05) is 13.0 Å². The molecule has 1 aromatic rings. The van der Waals surface area contributed by atoms with E-state index in [2.05, 4.69) is 18.6 Å². The monoisotopic (exact) mass is 294 g/mol. The molecule has 20 heavy (non-hydrogen) atoms. The predicted octanol–water partition coefficient (Wildman–Crippen LogP) is 2.80. The number of nitriles is 1. The summed E-state index contributed by atoms with van der Waals surface area (Å²) in [5, 5.41) is 8.71. The van der Waals surface area contributed by atoms with Gasteiger partial charge >= 0.3 is 0 Å². The van der Waals surface area contributed by atoms with Crippen molar-refractivity contribution in [3.63, 3.8) is 0 Å². The van der Waals surface area contributed by atoms with Gasteiger partial charge in [-0.15, -0.1) is 0 Å². The second kappa shape index (κ2) is 7.41. The van der Waals surface area contributed by atoms with E-state index in [1.54, 1.807) is 24.3 Å². The van der Waals surface area contributed by atoms with Crippen LogP contribution in [0.4, 0.5) is 0 Å². The quantitative estimate of drug-likeness (QED) is 0.840. The van der Waals surface area contributed by atoms with Crippen molar-refractivity contribution in [2.45, 2.75) is 45.4 Å². The van der Waals surface area contributed by atoms with Crippen LogP contribution in [0.1, 0.15) is 44.7 Å². The van der Waals surface area contributed by atoms with Gasteiger partial charge < -0.3 is 0 Å². The van der Waals surface area contributed by atoms with Crippen LogP contribution in [0.3, 0.4) is 0 Å². The summed E-state index contributed by atoms with van der Waals surface area (Å²) < 4.78 is 27.0. The van der Waals surface area contributed by atoms with Crippen LogP contribution in [0.15, 0.2) is 24.3 Å². The maximum absolute atomic E-state index is 12.1. The van der Waals surface area contributed by atoms with Crippen molar-refractivity contribution in [1.29, 1.82) is 5.26 Å². The van der Waals surface area contributed by atoms with Crippen molar-refractivity contribution in [3.05, 3.63) is 35.4 Å². The highest BCUT2D eigenvalue weighted by Crippen LogP contribution is 2.15. The minimum atomic E-state index is -3.35. The zero-order valence-corrected chi connectivity index (χ0v) is 13.1. The molecule has 1 rings (SSSR count). The standard InChI is InChI=1S/C15H22N2O2S/c1-4-15(5-2)12(3)17-20(18,19)11-14-8-6-13(10-16)7-9-14/h6-9,12,15,17H,4-5,11H2,1-3H3. The van der Waals surface area contributed by atoms with Gasteiger partial charge in [-0.25, -0.2) is 13.1 Å². The van der Waals surface area contributed by atoms with Crippen LogP contribution >= 0.6 is 0 Å². The number of nitrogens with one attached hydrogen (secondary N) is 1. The molecule has 0 aliphatic heterocycles. The molecule has 0 saturated carbocycles. The van der Waals surface area contributed by atoms with Crippen LogP contribution in [-0.2, 0) is 15.8 Å². The Labute approximate surface area is 121 Å². The molecule has 0 aliphatic rings. The molecule has 1 atom stereocenters. The molecule has 0 aromatic heterocycles. The van der Waals surface area contributed by atoms with Crippen LogP contribution in [0.5, 0.6) is 0 Å². The summed E-state index contributed by atoms with van der Waals surface area (Å²) in [4.78, 5) is 0. The van der Waals surface area contributed by atoms with Crippen molar-refractivity contribution < 1.29 is 8.42 Å². The number of rotatable bonds is 7. The minimum absolute atomic E-state index is 0.0524. The SMILES string of the molecule is CCC(CC)C(C)NS(=O)(=O)Cc1ccc(C#N)cc1. The van der Waals surface area contributed by atoms with Gasteiger partial charge in [0.05, 0.1) is 17.4 Å². The maximum Gasteiger partial charge on any atom is 0.216 e. The van der Waals surface area contributed by atoms with Gasteiger partial charge in [-0.05, 0) is 30.5 Å². The maximum atomic E-state index is 12.1. The number of benzene rings is 1. The first kappa shape index (κ1) is 16.7. The molecule has 0 saturated heterocycles. The van der Waals surface area contributed by atoms with E-state index in [4.69, 9.17) is 5.26 Å². The Balaban J connectivity index is 2.72. The molecular formula is C15H22N2O2S. The lowest BCUT2D eigenvalue weighted by atomic mass is 9.96. The zero-order valence-electron chi connectivity index (χ0n) is 12.3. The van der Waals surface area contributed by atoms with E-state index < -0.39 is 10.0 Å². The zero-order chi connectivity index (χ0) is 15.2. The van der Waals surface area contributed by atoms with Gasteiger partial charge in [0.1, 0.15) is 0 Å². The smallest absolute Gasteiger partial charge is 0.212 e. The summed E-state index contributed by atoms with van der Waals surface area (Å²) in [6, 6.07) is 8.58. The first-order valence-electron chi connectivity index (χ1n) is 6.90. The highest BCUT2D eigenvalue weighted by molar-refractivity contribution is 7.88. The van der Waals surface area contributed by atoms with E-state index in [-0.39, 0.29) is 11.8 Å². The largest absolute Gasteiger partial charge is 0.216 e. The molecule has 0 amide bonds. The molecular weight excluding hydrogens is 272 g/mol. The average Bonchev–Trinajstić information content (AvgIpc) is 2.39. The summed E-state index contributed by atoms with van der Waals surface area (Å²) >= 11 is 0. The third-order valence-electron chi connectivity index (χ3n) is 3.56. The van der Waals surface area contributed by atoms with Crippen molar-refractivity contribution >= 4 is 10.0 Å². The summed E-state index contributed by atoms with van der Waals surface area (Å²) in [6.07, 6.45) is 1.91. The van der Waals surface area contributed by atoms with Crippen molar-refractivity contribution in [3.8, 4) is 6.07 Å². The lowest BCUT2D eigenvalue weighted by Crippen LogP contribution is -2.38. The second-order valence-electron chi connectivity index (χ2n) is 5.05. The topological polar surface area (TPSA) is 70.0 Å². The predicted molar refractivity (Wildman–Crippen MR) is 80.5 cm³/mol. The average molecular weight is 294 g/mol. The lowest BCUT2D eigenvalue weighted by Gasteiger charge is -2.22. The minimum Gasteiger partial charge on any atom is -0.212 e. The van der Waals surface area contributed by atoms with Crippen LogP contribution < -0.4 is 4.72 Å². The molecule has 0 fully saturated rings. The Hall–Kier alpha value is -1.38.